The third-order valence-corrected chi connectivity index (χ3v) is 4.89. The van der Waals surface area contributed by atoms with Crippen molar-refractivity contribution in [2.45, 2.75) is 13.8 Å². The van der Waals surface area contributed by atoms with Crippen molar-refractivity contribution in [3.63, 3.8) is 0 Å². The van der Waals surface area contributed by atoms with Crippen LogP contribution >= 0.6 is 0 Å². The normalized spacial score (nSPS) is 10.8. The molecule has 29 heavy (non-hydrogen) atoms. The van der Waals surface area contributed by atoms with Crippen molar-refractivity contribution in [1.29, 1.82) is 0 Å². The van der Waals surface area contributed by atoms with Gasteiger partial charge in [0.15, 0.2) is 11.0 Å². The van der Waals surface area contributed by atoms with E-state index in [2.05, 4.69) is 0 Å². The molecule has 4 rings (SSSR count). The Labute approximate surface area is 168 Å². The largest absolute Gasteiger partial charge is 0.462 e. The van der Waals surface area contributed by atoms with E-state index in [0.29, 0.717) is 16.7 Å². The molecule has 1 heterocycles. The summed E-state index contributed by atoms with van der Waals surface area (Å²) in [6, 6.07) is 22.8. The lowest BCUT2D eigenvalue weighted by Gasteiger charge is -2.10. The van der Waals surface area contributed by atoms with Crippen molar-refractivity contribution in [2.75, 3.05) is 6.61 Å². The summed E-state index contributed by atoms with van der Waals surface area (Å²) in [5, 5.41) is 0.373. The Morgan fingerprint density at radius 3 is 2.21 bits per heavy atom. The number of fused-ring (bicyclic) bond motifs is 1. The molecule has 0 aliphatic carbocycles. The van der Waals surface area contributed by atoms with E-state index in [-0.39, 0.29) is 23.2 Å². The van der Waals surface area contributed by atoms with Crippen LogP contribution in [0.2, 0.25) is 0 Å². The lowest BCUT2D eigenvalue weighted by molar-refractivity contribution is 0.0527. The van der Waals surface area contributed by atoms with Gasteiger partial charge in [0.1, 0.15) is 11.3 Å². The van der Waals surface area contributed by atoms with Gasteiger partial charge in [-0.2, -0.15) is 0 Å². The van der Waals surface area contributed by atoms with E-state index >= 15 is 0 Å². The number of para-hydroxylation sites is 1. The van der Waals surface area contributed by atoms with E-state index < -0.39 is 5.97 Å². The van der Waals surface area contributed by atoms with Gasteiger partial charge in [0.25, 0.3) is 0 Å². The molecule has 144 valence electrons. The zero-order valence-corrected chi connectivity index (χ0v) is 16.3. The maximum atomic E-state index is 12.9. The molecule has 0 aliphatic rings. The summed E-state index contributed by atoms with van der Waals surface area (Å²) in [7, 11) is 0. The molecule has 0 atom stereocenters. The Morgan fingerprint density at radius 1 is 0.862 bits per heavy atom. The topological polar surface area (TPSA) is 56.5 Å². The van der Waals surface area contributed by atoms with E-state index in [1.54, 1.807) is 32.0 Å². The van der Waals surface area contributed by atoms with Gasteiger partial charge in [0, 0.05) is 11.1 Å². The van der Waals surface area contributed by atoms with Gasteiger partial charge < -0.3 is 9.15 Å². The molecule has 1 aromatic heterocycles. The second-order valence-corrected chi connectivity index (χ2v) is 6.73. The van der Waals surface area contributed by atoms with Gasteiger partial charge in [-0.3, -0.25) is 4.79 Å². The highest BCUT2D eigenvalue weighted by molar-refractivity contribution is 6.02. The highest BCUT2D eigenvalue weighted by atomic mass is 16.5. The van der Waals surface area contributed by atoms with Crippen LogP contribution in [0.25, 0.3) is 33.4 Å². The summed E-state index contributed by atoms with van der Waals surface area (Å²) in [6.45, 7) is 3.73. The van der Waals surface area contributed by atoms with Crippen LogP contribution in [0.1, 0.15) is 22.8 Å². The van der Waals surface area contributed by atoms with Crippen molar-refractivity contribution < 1.29 is 13.9 Å². The van der Waals surface area contributed by atoms with Crippen molar-refractivity contribution >= 4 is 16.9 Å². The second-order valence-electron chi connectivity index (χ2n) is 6.73. The molecule has 0 aliphatic heterocycles. The van der Waals surface area contributed by atoms with Gasteiger partial charge in [0.2, 0.25) is 0 Å². The fraction of sp³-hybridized carbons (Fsp3) is 0.120. The van der Waals surface area contributed by atoms with Crippen LogP contribution in [0, 0.1) is 6.92 Å². The smallest absolute Gasteiger partial charge is 0.341 e. The minimum atomic E-state index is -0.504. The van der Waals surface area contributed by atoms with Crippen LogP contribution in [0.4, 0.5) is 0 Å². The number of esters is 1. The fourth-order valence-corrected chi connectivity index (χ4v) is 3.40. The number of hydrogen-bond donors (Lipinski definition) is 0. The second kappa shape index (κ2) is 7.76. The third-order valence-electron chi connectivity index (χ3n) is 4.89. The Hall–Kier alpha value is -3.66. The molecule has 0 amide bonds. The fourth-order valence-electron chi connectivity index (χ4n) is 3.40. The maximum absolute atomic E-state index is 12.9. The molecular weight excluding hydrogens is 364 g/mol. The minimum absolute atomic E-state index is 0.153. The van der Waals surface area contributed by atoms with Gasteiger partial charge in [-0.25, -0.2) is 4.79 Å². The molecule has 0 unspecified atom stereocenters. The lowest BCUT2D eigenvalue weighted by atomic mass is 10.0. The Kier molecular flexibility index (Phi) is 5.00. The highest BCUT2D eigenvalue weighted by Crippen LogP contribution is 2.29. The molecule has 0 N–H and O–H groups in total. The highest BCUT2D eigenvalue weighted by Gasteiger charge is 2.19. The zero-order valence-electron chi connectivity index (χ0n) is 16.3. The monoisotopic (exact) mass is 384 g/mol. The SMILES string of the molecule is CCOC(=O)c1cccc2c(=O)c(C)c(-c3ccc(-c4ccccc4)cc3)oc12. The summed E-state index contributed by atoms with van der Waals surface area (Å²) in [5.74, 6) is -0.0469. The molecule has 0 saturated heterocycles. The van der Waals surface area contributed by atoms with E-state index in [4.69, 9.17) is 9.15 Å². The summed E-state index contributed by atoms with van der Waals surface area (Å²) < 4.78 is 11.2. The molecule has 0 radical (unpaired) electrons. The van der Waals surface area contributed by atoms with Crippen LogP contribution in [0.3, 0.4) is 0 Å². The number of rotatable bonds is 4. The third kappa shape index (κ3) is 3.45. The van der Waals surface area contributed by atoms with Crippen LogP contribution < -0.4 is 5.43 Å². The van der Waals surface area contributed by atoms with Crippen LogP contribution in [0.15, 0.2) is 82.0 Å². The minimum Gasteiger partial charge on any atom is -0.462 e. The van der Waals surface area contributed by atoms with Crippen LogP contribution in [-0.2, 0) is 4.74 Å². The Bertz CT molecular complexity index is 1240. The van der Waals surface area contributed by atoms with Crippen molar-refractivity contribution in [2.24, 2.45) is 0 Å². The molecule has 0 fully saturated rings. The van der Waals surface area contributed by atoms with Gasteiger partial charge in [0.05, 0.1) is 12.0 Å². The first-order valence-corrected chi connectivity index (χ1v) is 9.49. The molecular formula is C25H20O4. The predicted octanol–water partition coefficient (Wildman–Crippen LogP) is 5.61. The Morgan fingerprint density at radius 2 is 1.52 bits per heavy atom. The van der Waals surface area contributed by atoms with Gasteiger partial charge >= 0.3 is 5.97 Å². The van der Waals surface area contributed by atoms with Crippen molar-refractivity contribution in [3.8, 4) is 22.5 Å². The molecule has 0 bridgehead atoms. The number of ether oxygens (including phenoxy) is 1. The van der Waals surface area contributed by atoms with Crippen molar-refractivity contribution in [1.82, 2.24) is 0 Å². The quantitative estimate of drug-likeness (QED) is 0.429. The number of carbonyl (C=O) groups is 1. The van der Waals surface area contributed by atoms with Gasteiger partial charge in [-0.05, 0) is 37.1 Å². The summed E-state index contributed by atoms with van der Waals surface area (Å²) >= 11 is 0. The molecule has 3 aromatic carbocycles. The standard InChI is InChI=1S/C25H20O4/c1-3-28-25(27)21-11-7-10-20-22(26)16(2)23(29-24(20)21)19-14-12-18(13-15-19)17-8-5-4-6-9-17/h4-15H,3H2,1-2H3. The summed E-state index contributed by atoms with van der Waals surface area (Å²) in [4.78, 5) is 25.3. The van der Waals surface area contributed by atoms with Crippen LogP contribution in [-0.4, -0.2) is 12.6 Å². The molecule has 4 nitrogen and oxygen atoms in total. The summed E-state index contributed by atoms with van der Waals surface area (Å²) in [5.41, 5.74) is 3.82. The predicted molar refractivity (Wildman–Crippen MR) is 114 cm³/mol. The lowest BCUT2D eigenvalue weighted by Crippen LogP contribution is -2.11. The first-order chi connectivity index (χ1) is 14.1. The number of hydrogen-bond acceptors (Lipinski definition) is 4. The van der Waals surface area contributed by atoms with E-state index in [1.807, 2.05) is 54.6 Å². The molecule has 4 heteroatoms. The number of benzene rings is 3. The van der Waals surface area contributed by atoms with Crippen molar-refractivity contribution in [3.05, 3.63) is 94.1 Å². The first-order valence-electron chi connectivity index (χ1n) is 9.49. The van der Waals surface area contributed by atoms with Gasteiger partial charge in [-0.1, -0.05) is 60.7 Å². The average molecular weight is 384 g/mol. The van der Waals surface area contributed by atoms with E-state index in [9.17, 15) is 9.59 Å². The molecule has 4 aromatic rings. The van der Waals surface area contributed by atoms with E-state index in [1.165, 1.54) is 0 Å². The number of carbonyl (C=O) groups excluding carboxylic acids is 1. The average Bonchev–Trinajstić information content (AvgIpc) is 2.77. The van der Waals surface area contributed by atoms with Crippen LogP contribution in [0.5, 0.6) is 0 Å². The van der Waals surface area contributed by atoms with E-state index in [0.717, 1.165) is 16.7 Å². The first kappa shape index (κ1) is 18.7. The molecule has 0 saturated carbocycles. The Balaban J connectivity index is 1.85. The molecule has 0 spiro atoms. The summed E-state index contributed by atoms with van der Waals surface area (Å²) in [6.07, 6.45) is 0. The maximum Gasteiger partial charge on any atom is 0.341 e. The van der Waals surface area contributed by atoms with Gasteiger partial charge in [-0.15, -0.1) is 0 Å². The zero-order chi connectivity index (χ0) is 20.4.